The van der Waals surface area contributed by atoms with E-state index in [1.54, 1.807) is 11.0 Å². The summed E-state index contributed by atoms with van der Waals surface area (Å²) in [7, 11) is 0. The van der Waals surface area contributed by atoms with Gasteiger partial charge in [-0.25, -0.2) is 18.6 Å². The van der Waals surface area contributed by atoms with Crippen LogP contribution in [0.2, 0.25) is 0 Å². The lowest BCUT2D eigenvalue weighted by atomic mass is 9.94. The number of aromatic amines is 1. The molecule has 1 saturated heterocycles. The zero-order valence-corrected chi connectivity index (χ0v) is 12.3. The van der Waals surface area contributed by atoms with Gasteiger partial charge >= 0.3 is 5.69 Å². The molecule has 1 atom stereocenters. The van der Waals surface area contributed by atoms with Crippen molar-refractivity contribution >= 4 is 5.91 Å². The number of nitrogens with one attached hydrogen (secondary N) is 1. The predicted octanol–water partition coefficient (Wildman–Crippen LogP) is 2.07. The minimum Gasteiger partial charge on any atom is -0.338 e. The van der Waals surface area contributed by atoms with Crippen LogP contribution in [0.5, 0.6) is 0 Å². The standard InChI is InChI=1S/C16H15F2N3O2/c17-12-6-11(7-13(18)8-12)15(22)21-5-1-2-10(9-21)14-3-4-19-16(23)20-14/h3-4,6-8,10H,1-2,5,9H2,(H,19,20,23). The van der Waals surface area contributed by atoms with E-state index in [9.17, 15) is 18.4 Å². The van der Waals surface area contributed by atoms with Gasteiger partial charge in [0.2, 0.25) is 0 Å². The Morgan fingerprint density at radius 1 is 1.26 bits per heavy atom. The molecule has 120 valence electrons. The average molecular weight is 319 g/mol. The number of carbonyl (C=O) groups excluding carboxylic acids is 1. The molecule has 2 heterocycles. The lowest BCUT2D eigenvalue weighted by molar-refractivity contribution is 0.0704. The normalized spacial score (nSPS) is 18.0. The minimum absolute atomic E-state index is 0.00799. The summed E-state index contributed by atoms with van der Waals surface area (Å²) in [5, 5.41) is 0. The number of benzene rings is 1. The van der Waals surface area contributed by atoms with Crippen molar-refractivity contribution in [2.45, 2.75) is 18.8 Å². The lowest BCUT2D eigenvalue weighted by Crippen LogP contribution is -2.39. The maximum atomic E-state index is 13.3. The second kappa shape index (κ2) is 6.28. The molecule has 5 nitrogen and oxygen atoms in total. The molecular weight excluding hydrogens is 304 g/mol. The van der Waals surface area contributed by atoms with E-state index in [-0.39, 0.29) is 11.5 Å². The fourth-order valence-electron chi connectivity index (χ4n) is 2.90. The number of rotatable bonds is 2. The van der Waals surface area contributed by atoms with Crippen LogP contribution in [0.25, 0.3) is 0 Å². The SMILES string of the molecule is O=C(c1cc(F)cc(F)c1)N1CCCC(c2ccnc(=O)[nH]2)C1. The third-order valence-electron chi connectivity index (χ3n) is 3.96. The van der Waals surface area contributed by atoms with Crippen molar-refractivity contribution in [3.05, 3.63) is 63.8 Å². The molecule has 1 unspecified atom stereocenters. The van der Waals surface area contributed by atoms with E-state index < -0.39 is 23.2 Å². The number of amides is 1. The average Bonchev–Trinajstić information content (AvgIpc) is 2.53. The second-order valence-electron chi connectivity index (χ2n) is 5.58. The predicted molar refractivity (Wildman–Crippen MR) is 79.1 cm³/mol. The molecule has 0 saturated carbocycles. The number of halogens is 2. The molecular formula is C16H15F2N3O2. The topological polar surface area (TPSA) is 66.1 Å². The van der Waals surface area contributed by atoms with Gasteiger partial charge in [0.25, 0.3) is 5.91 Å². The Bertz CT molecular complexity index is 771. The van der Waals surface area contributed by atoms with Crippen LogP contribution in [0.4, 0.5) is 8.78 Å². The van der Waals surface area contributed by atoms with Gasteiger partial charge in [0, 0.05) is 42.5 Å². The number of hydrogen-bond donors (Lipinski definition) is 1. The van der Waals surface area contributed by atoms with E-state index in [0.29, 0.717) is 18.8 Å². The van der Waals surface area contributed by atoms with Crippen molar-refractivity contribution in [2.24, 2.45) is 0 Å². The van der Waals surface area contributed by atoms with Crippen LogP contribution in [0, 0.1) is 11.6 Å². The van der Waals surface area contributed by atoms with Crippen LogP contribution >= 0.6 is 0 Å². The van der Waals surface area contributed by atoms with Gasteiger partial charge in [-0.3, -0.25) is 4.79 Å². The van der Waals surface area contributed by atoms with Crippen LogP contribution in [-0.2, 0) is 0 Å². The molecule has 1 aromatic carbocycles. The Morgan fingerprint density at radius 2 is 2.00 bits per heavy atom. The summed E-state index contributed by atoms with van der Waals surface area (Å²) in [6.45, 7) is 0.902. The summed E-state index contributed by atoms with van der Waals surface area (Å²) in [6.07, 6.45) is 3.00. The van der Waals surface area contributed by atoms with Crippen LogP contribution in [0.15, 0.2) is 35.3 Å². The maximum absolute atomic E-state index is 13.3. The molecule has 1 fully saturated rings. The summed E-state index contributed by atoms with van der Waals surface area (Å²) >= 11 is 0. The molecule has 2 aromatic rings. The Labute approximate surface area is 131 Å². The van der Waals surface area contributed by atoms with E-state index in [1.165, 1.54) is 6.20 Å². The first kappa shape index (κ1) is 15.3. The van der Waals surface area contributed by atoms with Gasteiger partial charge in [0.1, 0.15) is 11.6 Å². The number of H-pyrrole nitrogens is 1. The van der Waals surface area contributed by atoms with E-state index in [0.717, 1.165) is 31.0 Å². The molecule has 3 rings (SSSR count). The summed E-state index contributed by atoms with van der Waals surface area (Å²) in [4.78, 5) is 31.6. The highest BCUT2D eigenvalue weighted by atomic mass is 19.1. The van der Waals surface area contributed by atoms with Gasteiger partial charge in [-0.1, -0.05) is 0 Å². The summed E-state index contributed by atoms with van der Waals surface area (Å²) in [5.41, 5.74) is 0.275. The highest BCUT2D eigenvalue weighted by molar-refractivity contribution is 5.94. The number of piperidine rings is 1. The first-order valence-electron chi connectivity index (χ1n) is 7.33. The summed E-state index contributed by atoms with van der Waals surface area (Å²) < 4.78 is 26.6. The monoisotopic (exact) mass is 319 g/mol. The number of nitrogens with zero attached hydrogens (tertiary/aromatic N) is 2. The Balaban J connectivity index is 1.80. The smallest absolute Gasteiger partial charge is 0.338 e. The number of aromatic nitrogens is 2. The number of carbonyl (C=O) groups is 1. The van der Waals surface area contributed by atoms with E-state index in [2.05, 4.69) is 9.97 Å². The van der Waals surface area contributed by atoms with E-state index in [1.807, 2.05) is 0 Å². The van der Waals surface area contributed by atoms with Gasteiger partial charge in [0.15, 0.2) is 0 Å². The Hall–Kier alpha value is -2.57. The molecule has 7 heteroatoms. The zero-order chi connectivity index (χ0) is 16.4. The first-order chi connectivity index (χ1) is 11.0. The van der Waals surface area contributed by atoms with Crippen molar-refractivity contribution in [3.8, 4) is 0 Å². The van der Waals surface area contributed by atoms with Crippen molar-refractivity contribution in [2.75, 3.05) is 13.1 Å². The molecule has 0 bridgehead atoms. The zero-order valence-electron chi connectivity index (χ0n) is 12.3. The molecule has 0 aliphatic carbocycles. The second-order valence-corrected chi connectivity index (χ2v) is 5.58. The Kier molecular flexibility index (Phi) is 4.18. The molecule has 0 spiro atoms. The molecule has 0 radical (unpaired) electrons. The van der Waals surface area contributed by atoms with Crippen molar-refractivity contribution in [3.63, 3.8) is 0 Å². The van der Waals surface area contributed by atoms with Crippen molar-refractivity contribution in [1.29, 1.82) is 0 Å². The summed E-state index contributed by atoms with van der Waals surface area (Å²) in [5.74, 6) is -1.99. The number of likely N-dealkylation sites (tertiary alicyclic amines) is 1. The highest BCUT2D eigenvalue weighted by Gasteiger charge is 2.26. The summed E-state index contributed by atoms with van der Waals surface area (Å²) in [6, 6.07) is 4.51. The first-order valence-corrected chi connectivity index (χ1v) is 7.33. The van der Waals surface area contributed by atoms with Gasteiger partial charge in [-0.2, -0.15) is 0 Å². The highest BCUT2D eigenvalue weighted by Crippen LogP contribution is 2.26. The van der Waals surface area contributed by atoms with Crippen LogP contribution in [0.1, 0.15) is 34.8 Å². The molecule has 1 aliphatic heterocycles. The van der Waals surface area contributed by atoms with Crippen molar-refractivity contribution in [1.82, 2.24) is 14.9 Å². The molecule has 1 aromatic heterocycles. The van der Waals surface area contributed by atoms with Crippen LogP contribution in [-0.4, -0.2) is 33.9 Å². The minimum atomic E-state index is -0.777. The Morgan fingerprint density at radius 3 is 2.70 bits per heavy atom. The molecule has 1 N–H and O–H groups in total. The fourth-order valence-corrected chi connectivity index (χ4v) is 2.90. The third kappa shape index (κ3) is 3.44. The molecule has 1 amide bonds. The molecule has 23 heavy (non-hydrogen) atoms. The lowest BCUT2D eigenvalue weighted by Gasteiger charge is -2.32. The van der Waals surface area contributed by atoms with Gasteiger partial charge in [-0.05, 0) is 31.0 Å². The van der Waals surface area contributed by atoms with Gasteiger partial charge in [0.05, 0.1) is 0 Å². The van der Waals surface area contributed by atoms with Gasteiger partial charge in [-0.15, -0.1) is 0 Å². The van der Waals surface area contributed by atoms with Crippen molar-refractivity contribution < 1.29 is 13.6 Å². The van der Waals surface area contributed by atoms with Crippen LogP contribution in [0.3, 0.4) is 0 Å². The van der Waals surface area contributed by atoms with Gasteiger partial charge < -0.3 is 9.88 Å². The van der Waals surface area contributed by atoms with Crippen LogP contribution < -0.4 is 5.69 Å². The van der Waals surface area contributed by atoms with E-state index >= 15 is 0 Å². The fraction of sp³-hybridized carbons (Fsp3) is 0.312. The third-order valence-corrected chi connectivity index (χ3v) is 3.96. The quantitative estimate of drug-likeness (QED) is 0.921. The maximum Gasteiger partial charge on any atom is 0.345 e. The molecule has 1 aliphatic rings. The largest absolute Gasteiger partial charge is 0.345 e. The van der Waals surface area contributed by atoms with E-state index in [4.69, 9.17) is 0 Å². The number of hydrogen-bond acceptors (Lipinski definition) is 3.